The quantitative estimate of drug-likeness (QED) is 0.813. The van der Waals surface area contributed by atoms with Crippen LogP contribution in [0.3, 0.4) is 0 Å². The van der Waals surface area contributed by atoms with Crippen LogP contribution in [-0.4, -0.2) is 29.4 Å². The lowest BCUT2D eigenvalue weighted by Gasteiger charge is -2.22. The Balaban J connectivity index is 2.81. The summed E-state index contributed by atoms with van der Waals surface area (Å²) in [5.74, 6) is -2.19. The minimum absolute atomic E-state index is 0.0613. The number of allylic oxidation sites excluding steroid dienone is 1. The summed E-state index contributed by atoms with van der Waals surface area (Å²) < 4.78 is 37.5. The molecule has 0 saturated carbocycles. The van der Waals surface area contributed by atoms with E-state index in [1.807, 2.05) is 6.92 Å². The van der Waals surface area contributed by atoms with Gasteiger partial charge in [-0.25, -0.2) is 0 Å². The second-order valence-electron chi connectivity index (χ2n) is 4.82. The van der Waals surface area contributed by atoms with E-state index in [1.54, 1.807) is 30.3 Å². The highest BCUT2D eigenvalue weighted by atomic mass is 19.4. The Morgan fingerprint density at radius 3 is 2.52 bits per heavy atom. The molecule has 0 fully saturated rings. The molecule has 126 valence electrons. The van der Waals surface area contributed by atoms with Crippen molar-refractivity contribution in [3.05, 3.63) is 42.0 Å². The Kier molecular flexibility index (Phi) is 6.81. The SMILES string of the molecule is CC/C=C\C(=O)Nc1cccc(CN(CC)C(=O)C(F)(F)F)c1. The van der Waals surface area contributed by atoms with E-state index in [-0.39, 0.29) is 19.0 Å². The van der Waals surface area contributed by atoms with E-state index in [0.29, 0.717) is 16.2 Å². The zero-order valence-electron chi connectivity index (χ0n) is 13.0. The molecule has 0 aliphatic rings. The van der Waals surface area contributed by atoms with Crippen molar-refractivity contribution < 1.29 is 22.8 Å². The molecule has 0 aromatic heterocycles. The number of hydrogen-bond acceptors (Lipinski definition) is 2. The summed E-state index contributed by atoms with van der Waals surface area (Å²) in [4.78, 5) is 23.6. The van der Waals surface area contributed by atoms with E-state index < -0.39 is 12.1 Å². The number of anilines is 1. The molecule has 0 heterocycles. The van der Waals surface area contributed by atoms with Gasteiger partial charge >= 0.3 is 12.1 Å². The lowest BCUT2D eigenvalue weighted by atomic mass is 10.2. The molecule has 1 aromatic carbocycles. The van der Waals surface area contributed by atoms with Crippen LogP contribution in [0.15, 0.2) is 36.4 Å². The molecule has 1 N–H and O–H groups in total. The minimum atomic E-state index is -4.90. The maximum Gasteiger partial charge on any atom is 0.471 e. The summed E-state index contributed by atoms with van der Waals surface area (Å²) in [5, 5.41) is 2.62. The molecule has 0 unspecified atom stereocenters. The van der Waals surface area contributed by atoms with Crippen LogP contribution in [0.25, 0.3) is 0 Å². The lowest BCUT2D eigenvalue weighted by molar-refractivity contribution is -0.185. The molecule has 0 atom stereocenters. The number of hydrogen-bond donors (Lipinski definition) is 1. The van der Waals surface area contributed by atoms with Crippen molar-refractivity contribution in [2.24, 2.45) is 0 Å². The summed E-state index contributed by atoms with van der Waals surface area (Å²) in [6.07, 6.45) is -1.09. The summed E-state index contributed by atoms with van der Waals surface area (Å²) in [6, 6.07) is 6.39. The van der Waals surface area contributed by atoms with Crippen LogP contribution in [0.5, 0.6) is 0 Å². The monoisotopic (exact) mass is 328 g/mol. The smallest absolute Gasteiger partial charge is 0.331 e. The van der Waals surface area contributed by atoms with Crippen molar-refractivity contribution in [1.82, 2.24) is 4.90 Å². The number of nitrogens with one attached hydrogen (secondary N) is 1. The van der Waals surface area contributed by atoms with Crippen molar-refractivity contribution in [2.45, 2.75) is 33.0 Å². The molecule has 1 aromatic rings. The van der Waals surface area contributed by atoms with Crippen molar-refractivity contribution in [3.8, 4) is 0 Å². The largest absolute Gasteiger partial charge is 0.471 e. The van der Waals surface area contributed by atoms with Gasteiger partial charge in [0.05, 0.1) is 0 Å². The predicted octanol–water partition coefficient (Wildman–Crippen LogP) is 3.50. The van der Waals surface area contributed by atoms with Crippen LogP contribution in [0.1, 0.15) is 25.8 Å². The number of benzene rings is 1. The maximum absolute atomic E-state index is 12.5. The number of halogens is 3. The molecule has 1 rings (SSSR count). The van der Waals surface area contributed by atoms with Gasteiger partial charge in [0.1, 0.15) is 0 Å². The van der Waals surface area contributed by atoms with Crippen LogP contribution in [0.4, 0.5) is 18.9 Å². The van der Waals surface area contributed by atoms with Gasteiger partial charge in [0, 0.05) is 18.8 Å². The molecule has 4 nitrogen and oxygen atoms in total. The van der Waals surface area contributed by atoms with Crippen LogP contribution < -0.4 is 5.32 Å². The van der Waals surface area contributed by atoms with Crippen molar-refractivity contribution in [3.63, 3.8) is 0 Å². The highest BCUT2D eigenvalue weighted by Gasteiger charge is 2.41. The number of amides is 2. The molecular formula is C16H19F3N2O2. The summed E-state index contributed by atoms with van der Waals surface area (Å²) >= 11 is 0. The molecule has 0 bridgehead atoms. The number of carbonyl (C=O) groups is 2. The van der Waals surface area contributed by atoms with Crippen LogP contribution in [-0.2, 0) is 16.1 Å². The van der Waals surface area contributed by atoms with Gasteiger partial charge < -0.3 is 10.2 Å². The predicted molar refractivity (Wildman–Crippen MR) is 81.6 cm³/mol. The van der Waals surface area contributed by atoms with Gasteiger partial charge in [-0.3, -0.25) is 9.59 Å². The van der Waals surface area contributed by atoms with E-state index in [4.69, 9.17) is 0 Å². The second-order valence-corrected chi connectivity index (χ2v) is 4.82. The third kappa shape index (κ3) is 6.14. The number of alkyl halides is 3. The first kappa shape index (κ1) is 18.7. The van der Waals surface area contributed by atoms with Gasteiger partial charge in [0.25, 0.3) is 0 Å². The summed E-state index contributed by atoms with van der Waals surface area (Å²) in [5.41, 5.74) is 0.963. The van der Waals surface area contributed by atoms with Crippen molar-refractivity contribution in [1.29, 1.82) is 0 Å². The van der Waals surface area contributed by atoms with Crippen LogP contribution >= 0.6 is 0 Å². The fraction of sp³-hybridized carbons (Fsp3) is 0.375. The standard InChI is InChI=1S/C16H19F3N2O2/c1-3-5-9-14(22)20-13-8-6-7-12(10-13)11-21(4-2)15(23)16(17,18)19/h5-10H,3-4,11H2,1-2H3,(H,20,22)/b9-5-. The van der Waals surface area contributed by atoms with E-state index in [9.17, 15) is 22.8 Å². The second kappa shape index (κ2) is 8.36. The third-order valence-electron chi connectivity index (χ3n) is 2.98. The maximum atomic E-state index is 12.5. The highest BCUT2D eigenvalue weighted by Crippen LogP contribution is 2.20. The van der Waals surface area contributed by atoms with Crippen molar-refractivity contribution >= 4 is 17.5 Å². The van der Waals surface area contributed by atoms with Crippen LogP contribution in [0, 0.1) is 0 Å². The van der Waals surface area contributed by atoms with E-state index in [1.165, 1.54) is 13.0 Å². The minimum Gasteiger partial charge on any atom is -0.331 e. The first-order valence-electron chi connectivity index (χ1n) is 7.20. The zero-order valence-corrected chi connectivity index (χ0v) is 13.0. The Bertz CT molecular complexity index is 583. The fourth-order valence-corrected chi connectivity index (χ4v) is 1.88. The molecule has 23 heavy (non-hydrogen) atoms. The average molecular weight is 328 g/mol. The van der Waals surface area contributed by atoms with E-state index in [2.05, 4.69) is 5.32 Å². The van der Waals surface area contributed by atoms with Gasteiger partial charge in [-0.2, -0.15) is 13.2 Å². The van der Waals surface area contributed by atoms with Crippen LogP contribution in [0.2, 0.25) is 0 Å². The fourth-order valence-electron chi connectivity index (χ4n) is 1.88. The van der Waals surface area contributed by atoms with E-state index >= 15 is 0 Å². The Labute approximate surface area is 133 Å². The number of nitrogens with zero attached hydrogens (tertiary/aromatic N) is 1. The van der Waals surface area contributed by atoms with Gasteiger partial charge in [0.15, 0.2) is 0 Å². The first-order valence-corrected chi connectivity index (χ1v) is 7.20. The summed E-state index contributed by atoms with van der Waals surface area (Å²) in [6.45, 7) is 3.13. The topological polar surface area (TPSA) is 49.4 Å². The average Bonchev–Trinajstić information content (AvgIpc) is 2.49. The Morgan fingerprint density at radius 2 is 1.96 bits per heavy atom. The number of rotatable bonds is 6. The first-order chi connectivity index (χ1) is 10.8. The molecule has 0 spiro atoms. The van der Waals surface area contributed by atoms with Gasteiger partial charge in [-0.05, 0) is 37.1 Å². The third-order valence-corrected chi connectivity index (χ3v) is 2.98. The van der Waals surface area contributed by atoms with Gasteiger partial charge in [0.2, 0.25) is 5.91 Å². The molecule has 7 heteroatoms. The molecule has 0 aliphatic heterocycles. The molecule has 0 aliphatic carbocycles. The zero-order chi connectivity index (χ0) is 17.5. The lowest BCUT2D eigenvalue weighted by Crippen LogP contribution is -2.40. The van der Waals surface area contributed by atoms with Crippen molar-refractivity contribution in [2.75, 3.05) is 11.9 Å². The van der Waals surface area contributed by atoms with E-state index in [0.717, 1.165) is 6.42 Å². The summed E-state index contributed by atoms with van der Waals surface area (Å²) in [7, 11) is 0. The highest BCUT2D eigenvalue weighted by molar-refractivity contribution is 5.99. The molecule has 2 amide bonds. The van der Waals surface area contributed by atoms with Gasteiger partial charge in [-0.1, -0.05) is 25.1 Å². The molecular weight excluding hydrogens is 309 g/mol. The number of carbonyl (C=O) groups excluding carboxylic acids is 2. The normalized spacial score (nSPS) is 11.5. The van der Waals surface area contributed by atoms with Gasteiger partial charge in [-0.15, -0.1) is 0 Å². The molecule has 0 saturated heterocycles. The Hall–Kier alpha value is -2.31. The Morgan fingerprint density at radius 1 is 1.26 bits per heavy atom. The molecule has 0 radical (unpaired) electrons.